The second-order valence-corrected chi connectivity index (χ2v) is 6.10. The van der Waals surface area contributed by atoms with Crippen LogP contribution in [0.2, 0.25) is 0 Å². The summed E-state index contributed by atoms with van der Waals surface area (Å²) in [5.41, 5.74) is -0.0457. The van der Waals surface area contributed by atoms with E-state index in [-0.39, 0.29) is 22.7 Å². The number of carbonyl (C=O) groups is 1. The summed E-state index contributed by atoms with van der Waals surface area (Å²) in [6, 6.07) is 4.77. The molecule has 1 aromatic carbocycles. The summed E-state index contributed by atoms with van der Waals surface area (Å²) >= 11 is 0. The van der Waals surface area contributed by atoms with Crippen molar-refractivity contribution in [3.8, 4) is 6.07 Å². The van der Waals surface area contributed by atoms with E-state index in [1.54, 1.807) is 0 Å². The van der Waals surface area contributed by atoms with E-state index in [9.17, 15) is 18.8 Å². The molecule has 4 heteroatoms. The molecule has 0 saturated heterocycles. The van der Waals surface area contributed by atoms with Gasteiger partial charge in [-0.3, -0.25) is 4.79 Å². The predicted molar refractivity (Wildman–Crippen MR) is 70.8 cm³/mol. The molecule has 0 amide bonds. The maximum absolute atomic E-state index is 13.3. The van der Waals surface area contributed by atoms with Crippen molar-refractivity contribution in [3.63, 3.8) is 0 Å². The van der Waals surface area contributed by atoms with Crippen molar-refractivity contribution in [1.82, 2.24) is 0 Å². The average molecular weight is 277 g/mol. The average Bonchev–Trinajstić information content (AvgIpc) is 2.68. The molecule has 1 fully saturated rings. The number of benzene rings is 1. The summed E-state index contributed by atoms with van der Waals surface area (Å²) < 4.78 is 26.5. The van der Waals surface area contributed by atoms with Crippen molar-refractivity contribution in [2.24, 2.45) is 11.3 Å². The third kappa shape index (κ3) is 2.72. The fourth-order valence-electron chi connectivity index (χ4n) is 3.10. The van der Waals surface area contributed by atoms with E-state index in [2.05, 4.69) is 0 Å². The third-order valence-electron chi connectivity index (χ3n) is 4.23. The van der Waals surface area contributed by atoms with E-state index in [0.717, 1.165) is 37.5 Å². The molecule has 106 valence electrons. The summed E-state index contributed by atoms with van der Waals surface area (Å²) in [6.07, 6.45) is 2.61. The topological polar surface area (TPSA) is 40.9 Å². The lowest BCUT2D eigenvalue weighted by molar-refractivity contribution is -0.125. The van der Waals surface area contributed by atoms with Crippen LogP contribution >= 0.6 is 0 Å². The van der Waals surface area contributed by atoms with Crippen molar-refractivity contribution >= 4 is 5.78 Å². The van der Waals surface area contributed by atoms with Crippen LogP contribution in [0.4, 0.5) is 8.78 Å². The first kappa shape index (κ1) is 14.6. The zero-order valence-corrected chi connectivity index (χ0v) is 11.6. The number of ketones is 1. The van der Waals surface area contributed by atoms with Crippen molar-refractivity contribution < 1.29 is 13.6 Å². The van der Waals surface area contributed by atoms with Gasteiger partial charge in [-0.2, -0.15) is 5.26 Å². The Labute approximate surface area is 117 Å². The minimum atomic E-state index is -1.09. The van der Waals surface area contributed by atoms with Crippen LogP contribution in [0.5, 0.6) is 0 Å². The van der Waals surface area contributed by atoms with Gasteiger partial charge in [-0.25, -0.2) is 8.78 Å². The number of nitrogens with zero attached hydrogens (tertiary/aromatic N) is 1. The maximum Gasteiger partial charge on any atom is 0.158 e. The molecule has 0 aromatic heterocycles. The summed E-state index contributed by atoms with van der Waals surface area (Å²) in [7, 11) is 0. The maximum atomic E-state index is 13.3. The largest absolute Gasteiger partial charge is 0.298 e. The third-order valence-corrected chi connectivity index (χ3v) is 4.23. The minimum Gasteiger partial charge on any atom is -0.298 e. The Hall–Kier alpha value is -1.76. The van der Waals surface area contributed by atoms with Crippen molar-refractivity contribution in [2.45, 2.75) is 39.0 Å². The van der Waals surface area contributed by atoms with Gasteiger partial charge in [0.15, 0.2) is 5.78 Å². The lowest BCUT2D eigenvalue weighted by Crippen LogP contribution is -2.29. The lowest BCUT2D eigenvalue weighted by atomic mass is 9.75. The van der Waals surface area contributed by atoms with Gasteiger partial charge in [-0.05, 0) is 36.0 Å². The summed E-state index contributed by atoms with van der Waals surface area (Å²) in [6.45, 7) is 4.01. The van der Waals surface area contributed by atoms with E-state index in [1.165, 1.54) is 0 Å². The van der Waals surface area contributed by atoms with Crippen LogP contribution in [-0.2, 0) is 4.79 Å². The molecule has 2 nitrogen and oxygen atoms in total. The molecule has 1 aliphatic carbocycles. The molecule has 1 aromatic rings. The number of rotatable bonds is 3. The molecule has 1 aliphatic rings. The smallest absolute Gasteiger partial charge is 0.158 e. The number of nitriles is 1. The molecule has 1 saturated carbocycles. The van der Waals surface area contributed by atoms with Gasteiger partial charge in [0.05, 0.1) is 6.07 Å². The Bertz CT molecular complexity index is 554. The second-order valence-electron chi connectivity index (χ2n) is 6.10. The summed E-state index contributed by atoms with van der Waals surface area (Å²) in [5.74, 6) is -3.07. The summed E-state index contributed by atoms with van der Waals surface area (Å²) in [4.78, 5) is 12.5. The van der Waals surface area contributed by atoms with Crippen LogP contribution in [0.15, 0.2) is 18.2 Å². The molecule has 0 bridgehead atoms. The zero-order valence-electron chi connectivity index (χ0n) is 11.6. The normalized spacial score (nSPS) is 22.2. The number of halogens is 2. The number of Topliss-reactive ketones (excluding diaryl/α,β-unsaturated/α-hetero) is 1. The highest BCUT2D eigenvalue weighted by atomic mass is 19.1. The quantitative estimate of drug-likeness (QED) is 0.838. The van der Waals surface area contributed by atoms with E-state index < -0.39 is 17.6 Å². The van der Waals surface area contributed by atoms with Crippen LogP contribution in [0.3, 0.4) is 0 Å². The fraction of sp³-hybridized carbons (Fsp3) is 0.500. The second kappa shape index (κ2) is 5.32. The first-order valence-corrected chi connectivity index (χ1v) is 6.74. The van der Waals surface area contributed by atoms with Gasteiger partial charge in [0.2, 0.25) is 0 Å². The van der Waals surface area contributed by atoms with Gasteiger partial charge in [-0.1, -0.05) is 20.3 Å². The molecule has 2 unspecified atom stereocenters. The van der Waals surface area contributed by atoms with E-state index in [0.29, 0.717) is 0 Å². The highest BCUT2D eigenvalue weighted by Gasteiger charge is 2.42. The first-order chi connectivity index (χ1) is 9.35. The Balaban J connectivity index is 2.33. The number of carbonyl (C=O) groups excluding carboxylic acids is 1. The molecular formula is C16H17F2NO. The van der Waals surface area contributed by atoms with E-state index >= 15 is 0 Å². The predicted octanol–water partition coefficient (Wildman–Crippen LogP) is 3.97. The van der Waals surface area contributed by atoms with Gasteiger partial charge >= 0.3 is 0 Å². The molecule has 2 rings (SSSR count). The molecule has 0 N–H and O–H groups in total. The first-order valence-electron chi connectivity index (χ1n) is 6.74. The van der Waals surface area contributed by atoms with Crippen LogP contribution in [-0.4, -0.2) is 5.78 Å². The zero-order chi connectivity index (χ0) is 14.9. The van der Waals surface area contributed by atoms with Gasteiger partial charge in [0.25, 0.3) is 0 Å². The van der Waals surface area contributed by atoms with Gasteiger partial charge in [-0.15, -0.1) is 0 Å². The van der Waals surface area contributed by atoms with Crippen molar-refractivity contribution in [2.75, 3.05) is 0 Å². The monoisotopic (exact) mass is 277 g/mol. The van der Waals surface area contributed by atoms with E-state index in [1.807, 2.05) is 19.9 Å². The van der Waals surface area contributed by atoms with Crippen LogP contribution < -0.4 is 0 Å². The summed E-state index contributed by atoms with van der Waals surface area (Å²) in [5, 5.41) is 9.25. The SMILES string of the molecule is CC1(C)CCCC1C(=O)C(C#N)c1cc(F)cc(F)c1. The van der Waals surface area contributed by atoms with Crippen molar-refractivity contribution in [1.29, 1.82) is 5.26 Å². The molecule has 0 heterocycles. The Morgan fingerprint density at radius 2 is 1.95 bits per heavy atom. The van der Waals surface area contributed by atoms with Crippen LogP contribution in [0, 0.1) is 34.3 Å². The van der Waals surface area contributed by atoms with Gasteiger partial charge in [0, 0.05) is 12.0 Å². The van der Waals surface area contributed by atoms with Crippen molar-refractivity contribution in [3.05, 3.63) is 35.4 Å². The number of hydrogen-bond donors (Lipinski definition) is 0. The number of hydrogen-bond acceptors (Lipinski definition) is 2. The van der Waals surface area contributed by atoms with Crippen LogP contribution in [0.1, 0.15) is 44.6 Å². The van der Waals surface area contributed by atoms with Gasteiger partial charge in [0.1, 0.15) is 17.6 Å². The molecule has 20 heavy (non-hydrogen) atoms. The molecule has 0 spiro atoms. The molecular weight excluding hydrogens is 260 g/mol. The Morgan fingerprint density at radius 1 is 1.35 bits per heavy atom. The molecule has 0 aliphatic heterocycles. The highest BCUT2D eigenvalue weighted by molar-refractivity contribution is 5.91. The fourth-order valence-corrected chi connectivity index (χ4v) is 3.10. The highest BCUT2D eigenvalue weighted by Crippen LogP contribution is 2.45. The standard InChI is InChI=1S/C16H17F2NO/c1-16(2)5-3-4-14(16)15(20)13(9-19)10-6-11(17)8-12(18)7-10/h6-8,13-14H,3-5H2,1-2H3. The van der Waals surface area contributed by atoms with E-state index in [4.69, 9.17) is 0 Å². The van der Waals surface area contributed by atoms with Crippen LogP contribution in [0.25, 0.3) is 0 Å². The van der Waals surface area contributed by atoms with Gasteiger partial charge < -0.3 is 0 Å². The Kier molecular flexibility index (Phi) is 3.89. The minimum absolute atomic E-state index is 0.109. The lowest BCUT2D eigenvalue weighted by Gasteiger charge is -2.27. The molecule has 2 atom stereocenters. The molecule has 0 radical (unpaired) electrons. The Morgan fingerprint density at radius 3 is 2.40 bits per heavy atom.